The number of aromatic nitrogens is 1. The third-order valence-corrected chi connectivity index (χ3v) is 9.58. The van der Waals surface area contributed by atoms with E-state index in [-0.39, 0.29) is 11.1 Å². The van der Waals surface area contributed by atoms with E-state index in [1.807, 2.05) is 24.4 Å². The van der Waals surface area contributed by atoms with Crippen LogP contribution >= 0.6 is 11.6 Å². The summed E-state index contributed by atoms with van der Waals surface area (Å²) in [6.45, 7) is 12.9. The summed E-state index contributed by atoms with van der Waals surface area (Å²) in [4.78, 5) is 4.23. The fourth-order valence-electron chi connectivity index (χ4n) is 2.28. The van der Waals surface area contributed by atoms with Gasteiger partial charge in [-0.3, -0.25) is 0 Å². The Morgan fingerprint density at radius 3 is 2.36 bits per heavy atom. The highest BCUT2D eigenvalue weighted by Gasteiger charge is 2.39. The van der Waals surface area contributed by atoms with Crippen molar-refractivity contribution in [1.29, 1.82) is 0 Å². The van der Waals surface area contributed by atoms with Crippen molar-refractivity contribution in [3.05, 3.63) is 64.9 Å². The van der Waals surface area contributed by atoms with E-state index in [4.69, 9.17) is 16.0 Å². The van der Waals surface area contributed by atoms with Gasteiger partial charge < -0.3 is 9.74 Å². The Balaban J connectivity index is 2.10. The second-order valence-corrected chi connectivity index (χ2v) is 13.0. The molecule has 1 unspecified atom stereocenters. The van der Waals surface area contributed by atoms with Crippen LogP contribution in [0.4, 0.5) is 0 Å². The lowest BCUT2D eigenvalue weighted by Gasteiger charge is -2.39. The van der Waals surface area contributed by atoms with E-state index in [1.54, 1.807) is 0 Å². The Bertz CT molecular complexity index is 654. The highest BCUT2D eigenvalue weighted by atomic mass is 35.5. The quantitative estimate of drug-likeness (QED) is 0.505. The molecule has 2 aromatic rings. The Morgan fingerprint density at radius 1 is 1.12 bits per heavy atom. The highest BCUT2D eigenvalue weighted by molar-refractivity contribution is 6.74. The van der Waals surface area contributed by atoms with E-state index in [0.29, 0.717) is 5.15 Å². The molecule has 1 aromatic carbocycles. The predicted molar refractivity (Wildman–Crippen MR) is 108 cm³/mol. The number of benzene rings is 1. The van der Waals surface area contributed by atoms with Crippen LogP contribution in [0, 0.1) is 0 Å². The minimum Gasteiger partial charge on any atom is -0.409 e. The molecule has 0 bridgehead atoms. The van der Waals surface area contributed by atoms with Crippen molar-refractivity contribution in [3.63, 3.8) is 0 Å². The van der Waals surface area contributed by atoms with Crippen LogP contribution in [0.1, 0.15) is 38.0 Å². The Kier molecular flexibility index (Phi) is 6.80. The molecule has 2 rings (SSSR count). The van der Waals surface area contributed by atoms with Crippen LogP contribution in [-0.2, 0) is 11.0 Å². The van der Waals surface area contributed by atoms with Gasteiger partial charge in [0.1, 0.15) is 5.15 Å². The normalized spacial score (nSPS) is 13.7. The van der Waals surface area contributed by atoms with Crippen molar-refractivity contribution >= 4 is 19.9 Å². The topological polar surface area (TPSA) is 34.1 Å². The zero-order valence-corrected chi connectivity index (χ0v) is 17.6. The van der Waals surface area contributed by atoms with E-state index >= 15 is 0 Å². The number of hydrogen-bond donors (Lipinski definition) is 1. The molecule has 0 amide bonds. The van der Waals surface area contributed by atoms with Crippen molar-refractivity contribution in [1.82, 2.24) is 10.3 Å². The van der Waals surface area contributed by atoms with Crippen LogP contribution in [0.3, 0.4) is 0 Å². The van der Waals surface area contributed by atoms with E-state index in [1.165, 1.54) is 5.56 Å². The van der Waals surface area contributed by atoms with Gasteiger partial charge in [0.05, 0.1) is 6.10 Å². The second kappa shape index (κ2) is 8.45. The van der Waals surface area contributed by atoms with Crippen LogP contribution in [0.15, 0.2) is 48.7 Å². The van der Waals surface area contributed by atoms with E-state index in [9.17, 15) is 0 Å². The number of rotatable bonds is 7. The fourth-order valence-corrected chi connectivity index (χ4v) is 3.68. The van der Waals surface area contributed by atoms with Crippen LogP contribution < -0.4 is 5.32 Å². The van der Waals surface area contributed by atoms with Gasteiger partial charge in [0.2, 0.25) is 0 Å². The van der Waals surface area contributed by atoms with Gasteiger partial charge in [-0.2, -0.15) is 0 Å². The van der Waals surface area contributed by atoms with Crippen LogP contribution in [0.2, 0.25) is 23.3 Å². The predicted octanol–water partition coefficient (Wildman–Crippen LogP) is 5.59. The molecule has 0 fully saturated rings. The first kappa shape index (κ1) is 20.1. The van der Waals surface area contributed by atoms with Gasteiger partial charge in [-0.15, -0.1) is 0 Å². The van der Waals surface area contributed by atoms with Crippen LogP contribution in [0.5, 0.6) is 0 Å². The molecule has 0 saturated carbocycles. The smallest absolute Gasteiger partial charge is 0.192 e. The molecule has 3 nitrogen and oxygen atoms in total. The first-order valence-electron chi connectivity index (χ1n) is 8.73. The Morgan fingerprint density at radius 2 is 1.80 bits per heavy atom. The van der Waals surface area contributed by atoms with Gasteiger partial charge in [-0.1, -0.05) is 68.8 Å². The summed E-state index contributed by atoms with van der Waals surface area (Å²) in [5.74, 6) is 0. The van der Waals surface area contributed by atoms with Gasteiger partial charge in [0, 0.05) is 19.3 Å². The lowest BCUT2D eigenvalue weighted by Crippen LogP contribution is -2.43. The van der Waals surface area contributed by atoms with E-state index < -0.39 is 8.32 Å². The maximum absolute atomic E-state index is 6.66. The molecule has 1 atom stereocenters. The molecule has 0 aliphatic carbocycles. The lowest BCUT2D eigenvalue weighted by molar-refractivity contribution is 0.179. The minimum absolute atomic E-state index is 0.0330. The summed E-state index contributed by atoms with van der Waals surface area (Å²) in [6, 6.07) is 14.2. The van der Waals surface area contributed by atoms with E-state index in [2.05, 4.69) is 68.4 Å². The first-order chi connectivity index (χ1) is 11.7. The maximum Gasteiger partial charge on any atom is 0.192 e. The number of hydrogen-bond acceptors (Lipinski definition) is 3. The van der Waals surface area contributed by atoms with Crippen molar-refractivity contribution in [2.24, 2.45) is 0 Å². The zero-order chi connectivity index (χ0) is 18.5. The largest absolute Gasteiger partial charge is 0.409 e. The molecular weight excluding hydrogens is 348 g/mol. The standard InChI is InChI=1S/C20H29ClN2OSi/c1-20(2,3)25(4,5)24-18(17-11-12-19(21)23-14-17)15-22-13-16-9-7-6-8-10-16/h6-12,14,18,22H,13,15H2,1-5H3. The Hall–Kier alpha value is -1.20. The molecule has 0 aliphatic rings. The van der Waals surface area contributed by atoms with Crippen molar-refractivity contribution in [2.45, 2.75) is 51.6 Å². The Labute approximate surface area is 157 Å². The SMILES string of the molecule is CC(C)(C)[Si](C)(C)OC(CNCc1ccccc1)c1ccc(Cl)nc1. The molecule has 1 N–H and O–H groups in total. The lowest BCUT2D eigenvalue weighted by atomic mass is 10.1. The third kappa shape index (κ3) is 5.92. The molecule has 0 spiro atoms. The number of nitrogens with zero attached hydrogens (tertiary/aromatic N) is 1. The molecular formula is C20H29ClN2OSi. The molecule has 0 radical (unpaired) electrons. The van der Waals surface area contributed by atoms with E-state index in [0.717, 1.165) is 18.7 Å². The molecule has 1 aromatic heterocycles. The summed E-state index contributed by atoms with van der Waals surface area (Å²) in [5, 5.41) is 4.19. The minimum atomic E-state index is -1.89. The second-order valence-electron chi connectivity index (χ2n) is 7.90. The van der Waals surface area contributed by atoms with Crippen LogP contribution in [-0.4, -0.2) is 19.8 Å². The molecule has 0 saturated heterocycles. The third-order valence-electron chi connectivity index (χ3n) is 4.87. The van der Waals surface area contributed by atoms with Crippen molar-refractivity contribution < 1.29 is 4.43 Å². The van der Waals surface area contributed by atoms with Gasteiger partial charge in [0.25, 0.3) is 0 Å². The molecule has 5 heteroatoms. The summed E-state index contributed by atoms with van der Waals surface area (Å²) in [5.41, 5.74) is 2.33. The number of nitrogens with one attached hydrogen (secondary N) is 1. The fraction of sp³-hybridized carbons (Fsp3) is 0.450. The molecule has 25 heavy (non-hydrogen) atoms. The monoisotopic (exact) mass is 376 g/mol. The summed E-state index contributed by atoms with van der Waals surface area (Å²) >= 11 is 5.95. The molecule has 0 aliphatic heterocycles. The number of pyridine rings is 1. The summed E-state index contributed by atoms with van der Waals surface area (Å²) in [6.07, 6.45) is 1.79. The maximum atomic E-state index is 6.66. The molecule has 136 valence electrons. The van der Waals surface area contributed by atoms with Gasteiger partial charge in [0.15, 0.2) is 8.32 Å². The first-order valence-corrected chi connectivity index (χ1v) is 12.0. The highest BCUT2D eigenvalue weighted by Crippen LogP contribution is 2.39. The average molecular weight is 377 g/mol. The van der Waals surface area contributed by atoms with Gasteiger partial charge >= 0.3 is 0 Å². The van der Waals surface area contributed by atoms with Crippen molar-refractivity contribution in [3.8, 4) is 0 Å². The van der Waals surface area contributed by atoms with Gasteiger partial charge in [-0.25, -0.2) is 4.98 Å². The van der Waals surface area contributed by atoms with Gasteiger partial charge in [-0.05, 0) is 35.3 Å². The number of halogens is 1. The van der Waals surface area contributed by atoms with Crippen LogP contribution in [0.25, 0.3) is 0 Å². The molecule has 1 heterocycles. The summed E-state index contributed by atoms with van der Waals surface area (Å²) < 4.78 is 6.66. The van der Waals surface area contributed by atoms with Crippen molar-refractivity contribution in [2.75, 3.05) is 6.54 Å². The average Bonchev–Trinajstić information content (AvgIpc) is 2.54. The zero-order valence-electron chi connectivity index (χ0n) is 15.8. The summed E-state index contributed by atoms with van der Waals surface area (Å²) in [7, 11) is -1.89.